The van der Waals surface area contributed by atoms with E-state index in [1.54, 1.807) is 4.57 Å². The van der Waals surface area contributed by atoms with Crippen LogP contribution < -0.4 is 5.56 Å². The minimum Gasteiger partial charge on any atom is -0.305 e. The average molecular weight is 248 g/mol. The quantitative estimate of drug-likeness (QED) is 0.846. The Bertz CT molecular complexity index is 589. The molecular formula is C13H16N2OS. The van der Waals surface area contributed by atoms with Crippen LogP contribution in [0.1, 0.15) is 13.8 Å². The zero-order valence-corrected chi connectivity index (χ0v) is 10.9. The van der Waals surface area contributed by atoms with Crippen molar-refractivity contribution in [3.8, 4) is 0 Å². The molecule has 0 amide bonds. The standard InChI is InChI=1S/C13H16N2OS/c1-13(2,9-17)8-15-11-6-4-3-5-10(11)14-7-12(15)16/h3-7,17H,8-9H2,1-2H3. The van der Waals surface area contributed by atoms with Crippen molar-refractivity contribution in [2.75, 3.05) is 5.75 Å². The van der Waals surface area contributed by atoms with E-state index in [0.717, 1.165) is 16.8 Å². The molecule has 3 nitrogen and oxygen atoms in total. The molecule has 0 aliphatic carbocycles. The third-order valence-electron chi connectivity index (χ3n) is 2.77. The number of thiol groups is 1. The van der Waals surface area contributed by atoms with Crippen LogP contribution in [0.15, 0.2) is 35.3 Å². The summed E-state index contributed by atoms with van der Waals surface area (Å²) in [6.45, 7) is 4.85. The highest BCUT2D eigenvalue weighted by Gasteiger charge is 2.18. The Labute approximate surface area is 106 Å². The first kappa shape index (κ1) is 12.2. The first-order valence-electron chi connectivity index (χ1n) is 5.59. The lowest BCUT2D eigenvalue weighted by Crippen LogP contribution is -2.29. The summed E-state index contributed by atoms with van der Waals surface area (Å²) < 4.78 is 1.78. The van der Waals surface area contributed by atoms with E-state index in [-0.39, 0.29) is 11.0 Å². The summed E-state index contributed by atoms with van der Waals surface area (Å²) in [5.74, 6) is 0.732. The van der Waals surface area contributed by atoms with Gasteiger partial charge in [0.15, 0.2) is 0 Å². The van der Waals surface area contributed by atoms with Gasteiger partial charge < -0.3 is 4.57 Å². The van der Waals surface area contributed by atoms with Gasteiger partial charge in [-0.05, 0) is 23.3 Å². The van der Waals surface area contributed by atoms with Crippen molar-refractivity contribution in [1.82, 2.24) is 9.55 Å². The molecule has 0 unspecified atom stereocenters. The zero-order chi connectivity index (χ0) is 12.5. The number of nitrogens with zero attached hydrogens (tertiary/aromatic N) is 2. The number of aromatic nitrogens is 2. The molecule has 2 aromatic rings. The highest BCUT2D eigenvalue weighted by Crippen LogP contribution is 2.20. The third kappa shape index (κ3) is 2.52. The summed E-state index contributed by atoms with van der Waals surface area (Å²) in [5.41, 5.74) is 1.66. The van der Waals surface area contributed by atoms with Crippen molar-refractivity contribution in [2.24, 2.45) is 5.41 Å². The summed E-state index contributed by atoms with van der Waals surface area (Å²) >= 11 is 4.33. The number of hydrogen-bond acceptors (Lipinski definition) is 3. The fourth-order valence-electron chi connectivity index (χ4n) is 1.76. The summed E-state index contributed by atoms with van der Waals surface area (Å²) in [4.78, 5) is 16.0. The zero-order valence-electron chi connectivity index (χ0n) is 10.1. The van der Waals surface area contributed by atoms with Crippen LogP contribution in [0, 0.1) is 5.41 Å². The van der Waals surface area contributed by atoms with Crippen molar-refractivity contribution >= 4 is 23.7 Å². The molecule has 0 aliphatic rings. The number of para-hydroxylation sites is 2. The predicted molar refractivity (Wildman–Crippen MR) is 73.6 cm³/mol. The number of benzene rings is 1. The van der Waals surface area contributed by atoms with E-state index in [4.69, 9.17) is 0 Å². The summed E-state index contributed by atoms with van der Waals surface area (Å²) in [6, 6.07) is 7.69. The van der Waals surface area contributed by atoms with E-state index < -0.39 is 0 Å². The van der Waals surface area contributed by atoms with Gasteiger partial charge in [0.2, 0.25) is 0 Å². The lowest BCUT2D eigenvalue weighted by molar-refractivity contribution is 0.353. The molecule has 1 aromatic carbocycles. The van der Waals surface area contributed by atoms with Gasteiger partial charge in [-0.15, -0.1) is 0 Å². The molecule has 0 saturated carbocycles. The van der Waals surface area contributed by atoms with E-state index in [1.807, 2.05) is 24.3 Å². The molecule has 1 heterocycles. The summed E-state index contributed by atoms with van der Waals surface area (Å²) in [7, 11) is 0. The SMILES string of the molecule is CC(C)(CS)Cn1c(=O)cnc2ccccc21. The Balaban J connectivity index is 2.59. The average Bonchev–Trinajstić information content (AvgIpc) is 2.33. The van der Waals surface area contributed by atoms with E-state index in [0.29, 0.717) is 6.54 Å². The van der Waals surface area contributed by atoms with Gasteiger partial charge in [0.1, 0.15) is 0 Å². The van der Waals surface area contributed by atoms with Crippen LogP contribution in [0.3, 0.4) is 0 Å². The molecule has 0 saturated heterocycles. The topological polar surface area (TPSA) is 34.9 Å². The Morgan fingerprint density at radius 2 is 2.06 bits per heavy atom. The van der Waals surface area contributed by atoms with Crippen LogP contribution in [0.2, 0.25) is 0 Å². The molecule has 17 heavy (non-hydrogen) atoms. The largest absolute Gasteiger partial charge is 0.305 e. The Morgan fingerprint density at radius 1 is 1.35 bits per heavy atom. The summed E-state index contributed by atoms with van der Waals surface area (Å²) in [5, 5.41) is 0. The Hall–Kier alpha value is -1.29. The molecule has 2 rings (SSSR count). The molecule has 1 aromatic heterocycles. The van der Waals surface area contributed by atoms with Crippen LogP contribution in [-0.2, 0) is 6.54 Å². The lowest BCUT2D eigenvalue weighted by atomic mass is 9.96. The van der Waals surface area contributed by atoms with Crippen LogP contribution in [0.4, 0.5) is 0 Å². The predicted octanol–water partition coefficient (Wildman–Crippen LogP) is 2.35. The minimum absolute atomic E-state index is 0.0168. The first-order valence-corrected chi connectivity index (χ1v) is 6.22. The van der Waals surface area contributed by atoms with Crippen molar-refractivity contribution in [1.29, 1.82) is 0 Å². The number of hydrogen-bond donors (Lipinski definition) is 1. The van der Waals surface area contributed by atoms with Crippen molar-refractivity contribution in [3.63, 3.8) is 0 Å². The maximum absolute atomic E-state index is 11.9. The smallest absolute Gasteiger partial charge is 0.269 e. The van der Waals surface area contributed by atoms with Gasteiger partial charge in [-0.1, -0.05) is 26.0 Å². The van der Waals surface area contributed by atoms with E-state index >= 15 is 0 Å². The second-order valence-corrected chi connectivity index (χ2v) is 5.31. The molecule has 0 aliphatic heterocycles. The van der Waals surface area contributed by atoms with Gasteiger partial charge in [0.25, 0.3) is 5.56 Å². The van der Waals surface area contributed by atoms with Gasteiger partial charge in [-0.25, -0.2) is 4.98 Å². The highest BCUT2D eigenvalue weighted by molar-refractivity contribution is 7.80. The maximum Gasteiger partial charge on any atom is 0.269 e. The van der Waals surface area contributed by atoms with Crippen molar-refractivity contribution in [2.45, 2.75) is 20.4 Å². The van der Waals surface area contributed by atoms with Crippen LogP contribution in [-0.4, -0.2) is 15.3 Å². The molecule has 90 valence electrons. The monoisotopic (exact) mass is 248 g/mol. The second-order valence-electron chi connectivity index (χ2n) is 4.99. The maximum atomic E-state index is 11.9. The van der Waals surface area contributed by atoms with E-state index in [1.165, 1.54) is 6.20 Å². The molecule has 0 spiro atoms. The van der Waals surface area contributed by atoms with E-state index in [2.05, 4.69) is 31.5 Å². The second kappa shape index (κ2) is 4.53. The normalized spacial score (nSPS) is 11.9. The van der Waals surface area contributed by atoms with Crippen molar-refractivity contribution < 1.29 is 0 Å². The van der Waals surface area contributed by atoms with Gasteiger partial charge in [-0.3, -0.25) is 4.79 Å². The molecule has 0 radical (unpaired) electrons. The fourth-order valence-corrected chi connectivity index (χ4v) is 1.86. The molecule has 0 N–H and O–H groups in total. The Kier molecular flexibility index (Phi) is 3.24. The number of fused-ring (bicyclic) bond motifs is 1. The first-order chi connectivity index (χ1) is 8.03. The van der Waals surface area contributed by atoms with Crippen LogP contribution >= 0.6 is 12.6 Å². The molecule has 0 fully saturated rings. The minimum atomic E-state index is -0.0569. The van der Waals surface area contributed by atoms with Crippen molar-refractivity contribution in [3.05, 3.63) is 40.8 Å². The Morgan fingerprint density at radius 3 is 2.76 bits per heavy atom. The van der Waals surface area contributed by atoms with Gasteiger partial charge >= 0.3 is 0 Å². The molecule has 0 atom stereocenters. The third-order valence-corrected chi connectivity index (χ3v) is 3.62. The van der Waals surface area contributed by atoms with Gasteiger partial charge in [0, 0.05) is 6.54 Å². The molecule has 0 bridgehead atoms. The van der Waals surface area contributed by atoms with Crippen LogP contribution in [0.5, 0.6) is 0 Å². The van der Waals surface area contributed by atoms with E-state index in [9.17, 15) is 4.79 Å². The summed E-state index contributed by atoms with van der Waals surface area (Å²) in [6.07, 6.45) is 1.39. The van der Waals surface area contributed by atoms with Crippen LogP contribution in [0.25, 0.3) is 11.0 Å². The lowest BCUT2D eigenvalue weighted by Gasteiger charge is -2.23. The number of rotatable bonds is 3. The van der Waals surface area contributed by atoms with Gasteiger partial charge in [-0.2, -0.15) is 12.6 Å². The fraction of sp³-hybridized carbons (Fsp3) is 0.385. The highest BCUT2D eigenvalue weighted by atomic mass is 32.1. The molecule has 4 heteroatoms. The molecular weight excluding hydrogens is 232 g/mol. The van der Waals surface area contributed by atoms with Gasteiger partial charge in [0.05, 0.1) is 17.2 Å².